The van der Waals surface area contributed by atoms with Crippen LogP contribution in [0.2, 0.25) is 0 Å². The van der Waals surface area contributed by atoms with Crippen molar-refractivity contribution in [2.45, 2.75) is 12.8 Å². The standard InChI is InChI=1S/C25H22O3/c1-3-28-25(26)24-22(17-11-5-4-6-12-17)18-13-7-8-14-19(18)23(24)20-15-9-10-16-21(20)27-2/h4-16,23H,3H2,1-2H3. The van der Waals surface area contributed by atoms with Crippen molar-refractivity contribution < 1.29 is 14.3 Å². The van der Waals surface area contributed by atoms with Crippen LogP contribution in [0.3, 0.4) is 0 Å². The highest BCUT2D eigenvalue weighted by molar-refractivity contribution is 6.07. The van der Waals surface area contributed by atoms with Gasteiger partial charge in [-0.25, -0.2) is 4.79 Å². The van der Waals surface area contributed by atoms with Crippen LogP contribution < -0.4 is 4.74 Å². The second-order valence-corrected chi connectivity index (χ2v) is 6.64. The van der Waals surface area contributed by atoms with Gasteiger partial charge in [-0.1, -0.05) is 72.8 Å². The highest BCUT2D eigenvalue weighted by Crippen LogP contribution is 2.50. The SMILES string of the molecule is CCOC(=O)C1=C(c2ccccc2)c2ccccc2C1c1ccccc1OC. The topological polar surface area (TPSA) is 35.5 Å². The van der Waals surface area contributed by atoms with Gasteiger partial charge in [0.05, 0.1) is 19.3 Å². The molecule has 0 heterocycles. The highest BCUT2D eigenvalue weighted by Gasteiger charge is 2.38. The number of methoxy groups -OCH3 is 1. The van der Waals surface area contributed by atoms with E-state index >= 15 is 0 Å². The fourth-order valence-electron chi connectivity index (χ4n) is 3.99. The van der Waals surface area contributed by atoms with Crippen LogP contribution in [-0.2, 0) is 9.53 Å². The molecule has 0 saturated carbocycles. The maximum Gasteiger partial charge on any atom is 0.335 e. The Morgan fingerprint density at radius 1 is 0.857 bits per heavy atom. The third-order valence-corrected chi connectivity index (χ3v) is 5.11. The molecule has 140 valence electrons. The first kappa shape index (κ1) is 18.1. The van der Waals surface area contributed by atoms with Crippen LogP contribution in [0.25, 0.3) is 5.57 Å². The Balaban J connectivity index is 2.03. The van der Waals surface area contributed by atoms with Gasteiger partial charge in [-0.05, 0) is 29.7 Å². The van der Waals surface area contributed by atoms with E-state index in [-0.39, 0.29) is 11.9 Å². The number of rotatable bonds is 5. The molecule has 3 nitrogen and oxygen atoms in total. The van der Waals surface area contributed by atoms with Crippen molar-refractivity contribution in [2.75, 3.05) is 13.7 Å². The van der Waals surface area contributed by atoms with E-state index in [1.54, 1.807) is 7.11 Å². The van der Waals surface area contributed by atoms with Gasteiger partial charge in [0.15, 0.2) is 0 Å². The lowest BCUT2D eigenvalue weighted by molar-refractivity contribution is -0.138. The maximum atomic E-state index is 13.2. The summed E-state index contributed by atoms with van der Waals surface area (Å²) in [6, 6.07) is 26.1. The number of para-hydroxylation sites is 1. The average Bonchev–Trinajstić information content (AvgIpc) is 3.09. The molecule has 3 heteroatoms. The first-order valence-corrected chi connectivity index (χ1v) is 9.45. The van der Waals surface area contributed by atoms with Crippen molar-refractivity contribution in [1.29, 1.82) is 0 Å². The van der Waals surface area contributed by atoms with Crippen LogP contribution >= 0.6 is 0 Å². The Kier molecular flexibility index (Phi) is 4.98. The number of ether oxygens (including phenoxy) is 2. The summed E-state index contributed by atoms with van der Waals surface area (Å²) in [7, 11) is 1.66. The van der Waals surface area contributed by atoms with Gasteiger partial charge in [0.1, 0.15) is 5.75 Å². The van der Waals surface area contributed by atoms with E-state index in [9.17, 15) is 4.79 Å². The minimum atomic E-state index is -0.284. The molecule has 4 rings (SSSR count). The number of hydrogen-bond acceptors (Lipinski definition) is 3. The second kappa shape index (κ2) is 7.73. The normalized spacial score (nSPS) is 15.3. The molecule has 0 bridgehead atoms. The van der Waals surface area contributed by atoms with E-state index in [1.807, 2.05) is 73.7 Å². The molecule has 0 N–H and O–H groups in total. The molecule has 28 heavy (non-hydrogen) atoms. The molecule has 0 radical (unpaired) electrons. The molecule has 3 aromatic rings. The van der Waals surface area contributed by atoms with Crippen molar-refractivity contribution in [1.82, 2.24) is 0 Å². The molecule has 1 unspecified atom stereocenters. The van der Waals surface area contributed by atoms with Gasteiger partial charge in [-0.3, -0.25) is 0 Å². The van der Waals surface area contributed by atoms with Gasteiger partial charge in [-0.15, -0.1) is 0 Å². The van der Waals surface area contributed by atoms with Crippen LogP contribution in [0.15, 0.2) is 84.4 Å². The van der Waals surface area contributed by atoms with Gasteiger partial charge in [0.25, 0.3) is 0 Å². The molecule has 0 aromatic heterocycles. The lowest BCUT2D eigenvalue weighted by Crippen LogP contribution is -2.15. The zero-order valence-electron chi connectivity index (χ0n) is 16.0. The van der Waals surface area contributed by atoms with E-state index < -0.39 is 0 Å². The van der Waals surface area contributed by atoms with Crippen molar-refractivity contribution >= 4 is 11.5 Å². The third-order valence-electron chi connectivity index (χ3n) is 5.11. The van der Waals surface area contributed by atoms with E-state index in [2.05, 4.69) is 12.1 Å². The Hall–Kier alpha value is -3.33. The fourth-order valence-corrected chi connectivity index (χ4v) is 3.99. The van der Waals surface area contributed by atoms with Crippen LogP contribution in [0.4, 0.5) is 0 Å². The largest absolute Gasteiger partial charge is 0.496 e. The zero-order chi connectivity index (χ0) is 19.5. The lowest BCUT2D eigenvalue weighted by atomic mass is 9.87. The molecule has 1 atom stereocenters. The second-order valence-electron chi connectivity index (χ2n) is 6.64. The van der Waals surface area contributed by atoms with Gasteiger partial charge in [0, 0.05) is 17.1 Å². The number of carbonyl (C=O) groups is 1. The molecular weight excluding hydrogens is 348 g/mol. The smallest absolute Gasteiger partial charge is 0.335 e. The van der Waals surface area contributed by atoms with E-state index in [4.69, 9.17) is 9.47 Å². The molecule has 0 spiro atoms. The summed E-state index contributed by atoms with van der Waals surface area (Å²) in [6.07, 6.45) is 0. The molecule has 0 amide bonds. The quantitative estimate of drug-likeness (QED) is 0.579. The van der Waals surface area contributed by atoms with Gasteiger partial charge in [0.2, 0.25) is 0 Å². The zero-order valence-corrected chi connectivity index (χ0v) is 16.0. The van der Waals surface area contributed by atoms with Crippen molar-refractivity contribution in [2.24, 2.45) is 0 Å². The summed E-state index contributed by atoms with van der Waals surface area (Å²) in [5.41, 5.74) is 5.73. The molecule has 3 aromatic carbocycles. The Morgan fingerprint density at radius 2 is 1.50 bits per heavy atom. The van der Waals surface area contributed by atoms with Crippen molar-refractivity contribution in [3.8, 4) is 5.75 Å². The summed E-state index contributed by atoms with van der Waals surface area (Å²) in [4.78, 5) is 13.2. The lowest BCUT2D eigenvalue weighted by Gasteiger charge is -2.19. The first-order chi connectivity index (χ1) is 13.8. The molecular formula is C25H22O3. The summed E-state index contributed by atoms with van der Waals surface area (Å²) in [5.74, 6) is 0.244. The molecule has 0 aliphatic heterocycles. The van der Waals surface area contributed by atoms with Crippen molar-refractivity contribution in [3.05, 3.63) is 107 Å². The van der Waals surface area contributed by atoms with Crippen LogP contribution in [-0.4, -0.2) is 19.7 Å². The summed E-state index contributed by atoms with van der Waals surface area (Å²) < 4.78 is 11.1. The summed E-state index contributed by atoms with van der Waals surface area (Å²) in [5, 5.41) is 0. The first-order valence-electron chi connectivity index (χ1n) is 9.45. The van der Waals surface area contributed by atoms with Crippen LogP contribution in [0, 0.1) is 0 Å². The molecule has 0 saturated heterocycles. The highest BCUT2D eigenvalue weighted by atomic mass is 16.5. The molecule has 0 fully saturated rings. The predicted molar refractivity (Wildman–Crippen MR) is 110 cm³/mol. The van der Waals surface area contributed by atoms with Crippen LogP contribution in [0.1, 0.15) is 35.1 Å². The van der Waals surface area contributed by atoms with Gasteiger partial charge in [-0.2, -0.15) is 0 Å². The third kappa shape index (κ3) is 2.99. The Bertz CT molecular complexity index is 1030. The van der Waals surface area contributed by atoms with Gasteiger partial charge < -0.3 is 9.47 Å². The van der Waals surface area contributed by atoms with Crippen LogP contribution in [0.5, 0.6) is 5.75 Å². The fraction of sp³-hybridized carbons (Fsp3) is 0.160. The Labute approximate surface area is 165 Å². The number of benzene rings is 3. The number of carbonyl (C=O) groups excluding carboxylic acids is 1. The minimum Gasteiger partial charge on any atom is -0.496 e. The molecule has 1 aliphatic carbocycles. The predicted octanol–water partition coefficient (Wildman–Crippen LogP) is 5.21. The number of hydrogen-bond donors (Lipinski definition) is 0. The van der Waals surface area contributed by atoms with Gasteiger partial charge >= 0.3 is 5.97 Å². The number of esters is 1. The maximum absolute atomic E-state index is 13.2. The average molecular weight is 370 g/mol. The minimum absolute atomic E-state index is 0.235. The Morgan fingerprint density at radius 3 is 2.21 bits per heavy atom. The summed E-state index contributed by atoms with van der Waals surface area (Å²) in [6.45, 7) is 2.17. The monoisotopic (exact) mass is 370 g/mol. The van der Waals surface area contributed by atoms with E-state index in [0.717, 1.165) is 33.6 Å². The molecule has 1 aliphatic rings. The van der Waals surface area contributed by atoms with Crippen molar-refractivity contribution in [3.63, 3.8) is 0 Å². The number of fused-ring (bicyclic) bond motifs is 1. The van der Waals surface area contributed by atoms with E-state index in [0.29, 0.717) is 12.2 Å². The summed E-state index contributed by atoms with van der Waals surface area (Å²) >= 11 is 0. The van der Waals surface area contributed by atoms with E-state index in [1.165, 1.54) is 0 Å².